The van der Waals surface area contributed by atoms with Gasteiger partial charge in [-0.1, -0.05) is 18.2 Å². The zero-order valence-corrected chi connectivity index (χ0v) is 10.6. The number of benzene rings is 1. The maximum absolute atomic E-state index is 11.5. The number of hydrogen-bond donors (Lipinski definition) is 2. The molecule has 0 spiro atoms. The van der Waals surface area contributed by atoms with E-state index in [1.54, 1.807) is 0 Å². The summed E-state index contributed by atoms with van der Waals surface area (Å²) in [5, 5.41) is 2.88. The highest BCUT2D eigenvalue weighted by Gasteiger charge is 2.03. The summed E-state index contributed by atoms with van der Waals surface area (Å²) in [6.45, 7) is 1.55. The van der Waals surface area contributed by atoms with Crippen molar-refractivity contribution in [2.45, 2.75) is 12.8 Å². The molecule has 0 saturated carbocycles. The molecule has 0 unspecified atom stereocenters. The van der Waals surface area contributed by atoms with Crippen LogP contribution >= 0.6 is 0 Å². The van der Waals surface area contributed by atoms with Crippen LogP contribution in [0.25, 0.3) is 0 Å². The van der Waals surface area contributed by atoms with E-state index in [2.05, 4.69) is 5.32 Å². The van der Waals surface area contributed by atoms with E-state index in [1.807, 2.05) is 43.3 Å². The maximum atomic E-state index is 11.5. The maximum Gasteiger partial charge on any atom is 0.220 e. The number of carbonyl (C=O) groups excluding carboxylic acids is 1. The first-order valence-corrected chi connectivity index (χ1v) is 5.84. The fourth-order valence-electron chi connectivity index (χ4n) is 1.52. The molecule has 0 fully saturated rings. The standard InChI is InChI=1S/C13H21N3O/c1-16(2)10-9-15-13(17)8-7-11-5-3-4-6-12(11)14/h3-6H,7-10,14H2,1-2H3,(H,15,17). The molecule has 1 aromatic rings. The number of likely N-dealkylation sites (N-methyl/N-ethyl adjacent to an activating group) is 1. The zero-order chi connectivity index (χ0) is 12.7. The molecule has 0 aliphatic carbocycles. The van der Waals surface area contributed by atoms with Crippen molar-refractivity contribution >= 4 is 11.6 Å². The van der Waals surface area contributed by atoms with Gasteiger partial charge < -0.3 is 16.0 Å². The molecule has 0 heterocycles. The summed E-state index contributed by atoms with van der Waals surface area (Å²) in [5.74, 6) is 0.0788. The smallest absolute Gasteiger partial charge is 0.220 e. The largest absolute Gasteiger partial charge is 0.399 e. The third-order valence-electron chi connectivity index (χ3n) is 2.56. The molecule has 94 valence electrons. The lowest BCUT2D eigenvalue weighted by Crippen LogP contribution is -2.31. The second kappa shape index (κ2) is 6.91. The van der Waals surface area contributed by atoms with Crippen LogP contribution < -0.4 is 11.1 Å². The number of carbonyl (C=O) groups is 1. The minimum absolute atomic E-state index is 0.0788. The van der Waals surface area contributed by atoms with E-state index in [0.717, 1.165) is 17.8 Å². The number of nitrogen functional groups attached to an aromatic ring is 1. The van der Waals surface area contributed by atoms with Crippen molar-refractivity contribution in [1.82, 2.24) is 10.2 Å². The topological polar surface area (TPSA) is 58.4 Å². The fraction of sp³-hybridized carbons (Fsp3) is 0.462. The lowest BCUT2D eigenvalue weighted by molar-refractivity contribution is -0.121. The van der Waals surface area contributed by atoms with E-state index in [-0.39, 0.29) is 5.91 Å². The molecular weight excluding hydrogens is 214 g/mol. The summed E-state index contributed by atoms with van der Waals surface area (Å²) in [4.78, 5) is 13.6. The van der Waals surface area contributed by atoms with Gasteiger partial charge in [0.15, 0.2) is 0 Å². The van der Waals surface area contributed by atoms with Gasteiger partial charge in [-0.15, -0.1) is 0 Å². The van der Waals surface area contributed by atoms with Crippen molar-refractivity contribution in [2.24, 2.45) is 0 Å². The molecule has 4 nitrogen and oxygen atoms in total. The Balaban J connectivity index is 2.26. The van der Waals surface area contributed by atoms with Gasteiger partial charge in [0.05, 0.1) is 0 Å². The number of aryl methyl sites for hydroxylation is 1. The molecule has 1 amide bonds. The zero-order valence-electron chi connectivity index (χ0n) is 10.6. The Hall–Kier alpha value is -1.55. The highest BCUT2D eigenvalue weighted by atomic mass is 16.1. The molecule has 17 heavy (non-hydrogen) atoms. The van der Waals surface area contributed by atoms with Gasteiger partial charge in [0.25, 0.3) is 0 Å². The van der Waals surface area contributed by atoms with Crippen molar-refractivity contribution in [2.75, 3.05) is 32.9 Å². The van der Waals surface area contributed by atoms with Crippen LogP contribution in [0.1, 0.15) is 12.0 Å². The molecule has 4 heteroatoms. The van der Waals surface area contributed by atoms with E-state index < -0.39 is 0 Å². The third-order valence-corrected chi connectivity index (χ3v) is 2.56. The van der Waals surface area contributed by atoms with Gasteiger partial charge in [-0.2, -0.15) is 0 Å². The number of nitrogens with one attached hydrogen (secondary N) is 1. The number of nitrogens with two attached hydrogens (primary N) is 1. The number of nitrogens with zero attached hydrogens (tertiary/aromatic N) is 1. The normalized spacial score (nSPS) is 10.5. The van der Waals surface area contributed by atoms with Gasteiger partial charge in [0.2, 0.25) is 5.91 Å². The summed E-state index contributed by atoms with van der Waals surface area (Å²) >= 11 is 0. The van der Waals surface area contributed by atoms with Crippen molar-refractivity contribution < 1.29 is 4.79 Å². The molecule has 0 aromatic heterocycles. The van der Waals surface area contributed by atoms with E-state index >= 15 is 0 Å². The third kappa shape index (κ3) is 5.36. The fourth-order valence-corrected chi connectivity index (χ4v) is 1.52. The first-order valence-electron chi connectivity index (χ1n) is 5.84. The summed E-state index contributed by atoms with van der Waals surface area (Å²) in [6, 6.07) is 7.66. The highest BCUT2D eigenvalue weighted by Crippen LogP contribution is 2.12. The molecule has 0 radical (unpaired) electrons. The molecule has 1 aromatic carbocycles. The second-order valence-corrected chi connectivity index (χ2v) is 4.35. The Bertz CT molecular complexity index is 363. The number of hydrogen-bond acceptors (Lipinski definition) is 3. The van der Waals surface area contributed by atoms with Crippen LogP contribution in [0.15, 0.2) is 24.3 Å². The first kappa shape index (κ1) is 13.5. The number of para-hydroxylation sites is 1. The Morgan fingerprint density at radius 1 is 1.35 bits per heavy atom. The Kier molecular flexibility index (Phi) is 5.49. The van der Waals surface area contributed by atoms with Gasteiger partial charge in [-0.25, -0.2) is 0 Å². The van der Waals surface area contributed by atoms with Crippen LogP contribution in [0.3, 0.4) is 0 Å². The first-order chi connectivity index (χ1) is 8.09. The number of rotatable bonds is 6. The van der Waals surface area contributed by atoms with Crippen LogP contribution in [0.5, 0.6) is 0 Å². The van der Waals surface area contributed by atoms with Crippen LogP contribution in [0.2, 0.25) is 0 Å². The van der Waals surface area contributed by atoms with E-state index in [0.29, 0.717) is 19.4 Å². The van der Waals surface area contributed by atoms with Crippen molar-refractivity contribution in [1.29, 1.82) is 0 Å². The Labute approximate surface area is 103 Å². The van der Waals surface area contributed by atoms with E-state index in [9.17, 15) is 4.79 Å². The molecular formula is C13H21N3O. The number of anilines is 1. The van der Waals surface area contributed by atoms with Gasteiger partial charge in [0.1, 0.15) is 0 Å². The molecule has 0 bridgehead atoms. The molecule has 0 aliphatic heterocycles. The monoisotopic (exact) mass is 235 g/mol. The summed E-state index contributed by atoms with van der Waals surface area (Å²) < 4.78 is 0. The Morgan fingerprint density at radius 3 is 2.71 bits per heavy atom. The van der Waals surface area contributed by atoms with Crippen LogP contribution in [-0.4, -0.2) is 38.0 Å². The van der Waals surface area contributed by atoms with Gasteiger partial charge in [0, 0.05) is 25.2 Å². The highest BCUT2D eigenvalue weighted by molar-refractivity contribution is 5.76. The average Bonchev–Trinajstić information content (AvgIpc) is 2.27. The quantitative estimate of drug-likeness (QED) is 0.720. The second-order valence-electron chi connectivity index (χ2n) is 4.35. The average molecular weight is 235 g/mol. The summed E-state index contributed by atoms with van der Waals surface area (Å²) in [6.07, 6.45) is 1.18. The van der Waals surface area contributed by atoms with Gasteiger partial charge in [-0.3, -0.25) is 4.79 Å². The molecule has 0 saturated heterocycles. The van der Waals surface area contributed by atoms with Crippen LogP contribution in [0, 0.1) is 0 Å². The van der Waals surface area contributed by atoms with Crippen molar-refractivity contribution in [3.05, 3.63) is 29.8 Å². The van der Waals surface area contributed by atoms with E-state index in [1.165, 1.54) is 0 Å². The molecule has 0 aliphatic rings. The minimum atomic E-state index is 0.0788. The molecule has 0 atom stereocenters. The van der Waals surface area contributed by atoms with Crippen molar-refractivity contribution in [3.8, 4) is 0 Å². The van der Waals surface area contributed by atoms with Crippen LogP contribution in [0.4, 0.5) is 5.69 Å². The number of amides is 1. The molecule has 1 rings (SSSR count). The lowest BCUT2D eigenvalue weighted by atomic mass is 10.1. The van der Waals surface area contributed by atoms with Gasteiger partial charge >= 0.3 is 0 Å². The predicted octanol–water partition coefficient (Wildman–Crippen LogP) is 0.879. The predicted molar refractivity (Wildman–Crippen MR) is 70.7 cm³/mol. The molecule has 3 N–H and O–H groups in total. The lowest BCUT2D eigenvalue weighted by Gasteiger charge is -2.10. The summed E-state index contributed by atoms with van der Waals surface area (Å²) in [7, 11) is 3.97. The Morgan fingerprint density at radius 2 is 2.06 bits per heavy atom. The van der Waals surface area contributed by atoms with Crippen molar-refractivity contribution in [3.63, 3.8) is 0 Å². The van der Waals surface area contributed by atoms with E-state index in [4.69, 9.17) is 5.73 Å². The minimum Gasteiger partial charge on any atom is -0.399 e. The summed E-state index contributed by atoms with van der Waals surface area (Å²) in [5.41, 5.74) is 7.60. The SMILES string of the molecule is CN(C)CCNC(=O)CCc1ccccc1N. The van der Waals surface area contributed by atoms with Gasteiger partial charge in [-0.05, 0) is 32.1 Å². The van der Waals surface area contributed by atoms with Crippen LogP contribution in [-0.2, 0) is 11.2 Å².